The number of hydrogen-bond acceptors (Lipinski definition) is 3. The summed E-state index contributed by atoms with van der Waals surface area (Å²) >= 11 is 0. The van der Waals surface area contributed by atoms with Gasteiger partial charge in [0.2, 0.25) is 0 Å². The van der Waals surface area contributed by atoms with Crippen molar-refractivity contribution in [2.75, 3.05) is 4.90 Å². The predicted molar refractivity (Wildman–Crippen MR) is 168 cm³/mol. The Balaban J connectivity index is 1.47. The van der Waals surface area contributed by atoms with Crippen molar-refractivity contribution >= 4 is 73.0 Å². The molecule has 0 saturated heterocycles. The quantitative estimate of drug-likeness (QED) is 0.283. The Morgan fingerprint density at radius 3 is 2.48 bits per heavy atom. The molecule has 0 atom stereocenters. The van der Waals surface area contributed by atoms with Gasteiger partial charge in [-0.15, -0.1) is 0 Å². The van der Waals surface area contributed by atoms with E-state index in [1.165, 1.54) is 38.2 Å². The molecule has 5 heterocycles. The van der Waals surface area contributed by atoms with Gasteiger partial charge in [0.15, 0.2) is 0 Å². The minimum absolute atomic E-state index is 0.0567. The summed E-state index contributed by atoms with van der Waals surface area (Å²) in [6.07, 6.45) is 3.62. The molecule has 5 aromatic carbocycles. The normalized spacial score (nSPS) is 12.8. The summed E-state index contributed by atoms with van der Waals surface area (Å²) in [4.78, 5) is 11.7. The Morgan fingerprint density at radius 1 is 0.690 bits per heavy atom. The van der Waals surface area contributed by atoms with E-state index in [0.29, 0.717) is 0 Å². The summed E-state index contributed by atoms with van der Waals surface area (Å²) in [7, 11) is 0. The minimum Gasteiger partial charge on any atom is -0.297 e. The molecule has 0 unspecified atom stereocenters. The van der Waals surface area contributed by atoms with E-state index in [4.69, 9.17) is 4.98 Å². The van der Waals surface area contributed by atoms with Gasteiger partial charge < -0.3 is 0 Å². The number of aromatic nitrogens is 4. The maximum Gasteiger partial charge on any atom is 0.256 e. The molecule has 0 bridgehead atoms. The summed E-state index contributed by atoms with van der Waals surface area (Å²) in [6.45, 7) is -0.0567. The fraction of sp³-hybridized carbons (Fsp3) is 0. The summed E-state index contributed by atoms with van der Waals surface area (Å²) in [5, 5.41) is 3.50. The Morgan fingerprint density at radius 2 is 1.57 bits per heavy atom. The SMILES string of the molecule is c1cccc(N2c3c#cccc3B3c4c(n(-c5ccccc5)c5ncncc45)-n4c5ccccc5c5ccc2c3c54)c#1. The van der Waals surface area contributed by atoms with Crippen LogP contribution >= 0.6 is 0 Å². The predicted octanol–water partition coefficient (Wildman–Crippen LogP) is 5.33. The second-order valence-corrected chi connectivity index (χ2v) is 10.8. The van der Waals surface area contributed by atoms with Gasteiger partial charge in [0.1, 0.15) is 17.8 Å². The number of fused-ring (bicyclic) bond motifs is 10. The summed E-state index contributed by atoms with van der Waals surface area (Å²) in [5.74, 6) is 1.10. The monoisotopic (exact) mass is 531 g/mol. The van der Waals surface area contributed by atoms with E-state index in [1.807, 2.05) is 24.4 Å². The van der Waals surface area contributed by atoms with Crippen molar-refractivity contribution in [3.8, 4) is 11.5 Å². The lowest BCUT2D eigenvalue weighted by Crippen LogP contribution is -2.60. The van der Waals surface area contributed by atoms with Crippen molar-refractivity contribution in [1.82, 2.24) is 19.1 Å². The second-order valence-electron chi connectivity index (χ2n) is 10.8. The smallest absolute Gasteiger partial charge is 0.256 e. The van der Waals surface area contributed by atoms with Crippen LogP contribution in [-0.4, -0.2) is 25.8 Å². The fourth-order valence-corrected chi connectivity index (χ4v) is 7.24. The maximum absolute atomic E-state index is 4.89. The van der Waals surface area contributed by atoms with Crippen LogP contribution < -0.4 is 21.3 Å². The van der Waals surface area contributed by atoms with Gasteiger partial charge in [0.25, 0.3) is 6.71 Å². The third-order valence-electron chi connectivity index (χ3n) is 8.76. The lowest BCUT2D eigenvalue weighted by molar-refractivity contribution is 0.987. The van der Waals surface area contributed by atoms with Crippen LogP contribution in [0.15, 0.2) is 110 Å². The molecule has 42 heavy (non-hydrogen) atoms. The molecule has 2 aliphatic heterocycles. The van der Waals surface area contributed by atoms with E-state index in [2.05, 4.69) is 122 Å². The summed E-state index contributed by atoms with van der Waals surface area (Å²) in [5.41, 5.74) is 11.0. The first-order valence-electron chi connectivity index (χ1n) is 14.0. The Kier molecular flexibility index (Phi) is 4.06. The molecule has 0 radical (unpaired) electrons. The van der Waals surface area contributed by atoms with Crippen molar-refractivity contribution < 1.29 is 0 Å². The van der Waals surface area contributed by atoms with Gasteiger partial charge in [-0.3, -0.25) is 14.0 Å². The summed E-state index contributed by atoms with van der Waals surface area (Å²) in [6, 6.07) is 47.1. The second kappa shape index (κ2) is 7.82. The molecule has 0 spiro atoms. The van der Waals surface area contributed by atoms with E-state index in [1.54, 1.807) is 6.33 Å². The highest BCUT2D eigenvalue weighted by atomic mass is 15.2. The molecular weight excluding hydrogens is 513 g/mol. The Bertz CT molecular complexity index is 2370. The van der Waals surface area contributed by atoms with Crippen LogP contribution in [-0.2, 0) is 0 Å². The van der Waals surface area contributed by atoms with E-state index in [9.17, 15) is 0 Å². The fourth-order valence-electron chi connectivity index (χ4n) is 7.24. The number of nitrogens with zero attached hydrogens (tertiary/aromatic N) is 5. The van der Waals surface area contributed by atoms with Crippen LogP contribution in [0.5, 0.6) is 0 Å². The highest BCUT2D eigenvalue weighted by molar-refractivity contribution is 7.01. The van der Waals surface area contributed by atoms with Crippen molar-refractivity contribution in [2.24, 2.45) is 0 Å². The number of rotatable bonds is 2. The van der Waals surface area contributed by atoms with E-state index in [-0.39, 0.29) is 6.71 Å². The molecule has 0 saturated carbocycles. The van der Waals surface area contributed by atoms with Gasteiger partial charge in [0, 0.05) is 33.7 Å². The number of para-hydroxylation sites is 2. The maximum atomic E-state index is 4.89. The lowest BCUT2D eigenvalue weighted by atomic mass is 9.34. The number of hydrogen-bond donors (Lipinski definition) is 0. The van der Waals surface area contributed by atoms with Gasteiger partial charge in [-0.1, -0.05) is 66.7 Å². The molecule has 8 aromatic rings. The van der Waals surface area contributed by atoms with Gasteiger partial charge >= 0.3 is 0 Å². The molecule has 2 aliphatic rings. The molecule has 0 N–H and O–H groups in total. The largest absolute Gasteiger partial charge is 0.297 e. The van der Waals surface area contributed by atoms with Gasteiger partial charge in [-0.25, -0.2) is 9.97 Å². The lowest BCUT2D eigenvalue weighted by Gasteiger charge is -2.37. The van der Waals surface area contributed by atoms with Crippen molar-refractivity contribution in [1.29, 1.82) is 0 Å². The molecule has 10 rings (SSSR count). The molecule has 0 amide bonds. The van der Waals surface area contributed by atoms with Crippen molar-refractivity contribution in [3.05, 3.63) is 134 Å². The van der Waals surface area contributed by atoms with Crippen LogP contribution in [0.1, 0.15) is 0 Å². The third-order valence-corrected chi connectivity index (χ3v) is 8.76. The van der Waals surface area contributed by atoms with Crippen LogP contribution in [0.2, 0.25) is 0 Å². The Labute approximate surface area is 242 Å². The zero-order valence-electron chi connectivity index (χ0n) is 22.2. The van der Waals surface area contributed by atoms with E-state index >= 15 is 0 Å². The molecule has 0 aliphatic carbocycles. The minimum atomic E-state index is -0.0567. The third kappa shape index (κ3) is 2.58. The van der Waals surface area contributed by atoms with E-state index < -0.39 is 0 Å². The van der Waals surface area contributed by atoms with Gasteiger partial charge in [-0.05, 0) is 71.0 Å². The number of benzene rings is 3. The van der Waals surface area contributed by atoms with Crippen molar-refractivity contribution in [2.45, 2.75) is 0 Å². The van der Waals surface area contributed by atoms with Gasteiger partial charge in [0.05, 0.1) is 22.4 Å². The van der Waals surface area contributed by atoms with Gasteiger partial charge in [-0.2, -0.15) is 0 Å². The molecular formula is C36H18BN5. The molecule has 3 aromatic heterocycles. The molecule has 190 valence electrons. The molecule has 5 nitrogen and oxygen atoms in total. The van der Waals surface area contributed by atoms with Crippen LogP contribution in [0.3, 0.4) is 0 Å². The van der Waals surface area contributed by atoms with Crippen LogP contribution in [0, 0.1) is 24.3 Å². The van der Waals surface area contributed by atoms with Crippen LogP contribution in [0.4, 0.5) is 17.1 Å². The van der Waals surface area contributed by atoms with E-state index in [0.717, 1.165) is 39.6 Å². The first-order chi connectivity index (χ1) is 20.9. The standard InChI is InChI=1S/C36H18BN5/c1-3-11-23(12-4-1)40-30-18-10-8-16-28(30)37-32-27-21-38-22-39-35(27)41(24-13-5-2-6-14-24)36(32)42-29-17-9-7-15-25(29)26-19-20-31(40)33(37)34(26)42/h1-3,5-9,11,13-17,19-22H. The first-order valence-corrected chi connectivity index (χ1v) is 14.0. The average Bonchev–Trinajstić information content (AvgIpc) is 3.58. The number of anilines is 3. The molecule has 6 heteroatoms. The molecule has 0 fully saturated rings. The first kappa shape index (κ1) is 21.8. The zero-order valence-corrected chi connectivity index (χ0v) is 22.2. The summed E-state index contributed by atoms with van der Waals surface area (Å²) < 4.78 is 4.76. The zero-order chi connectivity index (χ0) is 27.4. The Hall–Kier alpha value is -5.98. The highest BCUT2D eigenvalue weighted by Crippen LogP contribution is 2.42. The topological polar surface area (TPSA) is 38.9 Å². The van der Waals surface area contributed by atoms with Crippen LogP contribution in [0.25, 0.3) is 44.3 Å². The highest BCUT2D eigenvalue weighted by Gasteiger charge is 2.45. The average molecular weight is 531 g/mol. The van der Waals surface area contributed by atoms with Crippen molar-refractivity contribution in [3.63, 3.8) is 0 Å².